The molecule has 15 heavy (non-hydrogen) atoms. The molecule has 0 amide bonds. The summed E-state index contributed by atoms with van der Waals surface area (Å²) < 4.78 is 46.1. The molecule has 0 aromatic heterocycles. The molecule has 0 fully saturated rings. The SMILES string of the molecule is CNS(=O)(=O)c1ccccc1S(=O)[O-].[Na+]. The Labute approximate surface area is 113 Å². The summed E-state index contributed by atoms with van der Waals surface area (Å²) in [4.78, 5) is -0.474. The molecule has 1 unspecified atom stereocenters. The maximum Gasteiger partial charge on any atom is 1.00 e. The summed E-state index contributed by atoms with van der Waals surface area (Å²) in [5.41, 5.74) is 0. The minimum Gasteiger partial charge on any atom is -0.768 e. The van der Waals surface area contributed by atoms with Crippen molar-refractivity contribution in [1.29, 1.82) is 0 Å². The monoisotopic (exact) mass is 257 g/mol. The van der Waals surface area contributed by atoms with Crippen molar-refractivity contribution in [2.24, 2.45) is 0 Å². The summed E-state index contributed by atoms with van der Waals surface area (Å²) in [6.07, 6.45) is 0. The summed E-state index contributed by atoms with van der Waals surface area (Å²) >= 11 is -2.56. The van der Waals surface area contributed by atoms with E-state index in [2.05, 4.69) is 4.72 Å². The van der Waals surface area contributed by atoms with Crippen molar-refractivity contribution in [3.05, 3.63) is 24.3 Å². The second-order valence-corrected chi connectivity index (χ2v) is 5.15. The first kappa shape index (κ1) is 15.2. The van der Waals surface area contributed by atoms with E-state index in [0.29, 0.717) is 0 Å². The Morgan fingerprint density at radius 2 is 1.87 bits per heavy atom. The van der Waals surface area contributed by atoms with Crippen LogP contribution in [0.3, 0.4) is 0 Å². The smallest absolute Gasteiger partial charge is 0.768 e. The second kappa shape index (κ2) is 6.09. The third kappa shape index (κ3) is 3.63. The quantitative estimate of drug-likeness (QED) is 0.457. The molecule has 0 aliphatic rings. The molecule has 1 rings (SSSR count). The van der Waals surface area contributed by atoms with Gasteiger partial charge in [0.05, 0.1) is 4.90 Å². The first-order valence-electron chi connectivity index (χ1n) is 3.61. The van der Waals surface area contributed by atoms with E-state index in [1.165, 1.54) is 31.3 Å². The summed E-state index contributed by atoms with van der Waals surface area (Å²) in [5.74, 6) is 0. The number of hydrogen-bond donors (Lipinski definition) is 1. The van der Waals surface area contributed by atoms with Gasteiger partial charge in [-0.15, -0.1) is 0 Å². The van der Waals surface area contributed by atoms with Gasteiger partial charge in [0, 0.05) is 4.90 Å². The largest absolute Gasteiger partial charge is 1.00 e. The molecule has 1 aromatic rings. The van der Waals surface area contributed by atoms with Crippen molar-refractivity contribution in [2.75, 3.05) is 7.05 Å². The Bertz CT molecular complexity index is 460. The molecule has 0 bridgehead atoms. The molecule has 78 valence electrons. The van der Waals surface area contributed by atoms with Crippen LogP contribution in [0.5, 0.6) is 0 Å². The van der Waals surface area contributed by atoms with E-state index in [1.807, 2.05) is 0 Å². The van der Waals surface area contributed by atoms with Crippen LogP contribution in [0.1, 0.15) is 0 Å². The van der Waals surface area contributed by atoms with Gasteiger partial charge in [-0.1, -0.05) is 12.1 Å². The number of benzene rings is 1. The van der Waals surface area contributed by atoms with Crippen LogP contribution in [-0.4, -0.2) is 24.2 Å². The Morgan fingerprint density at radius 1 is 1.33 bits per heavy atom. The minimum atomic E-state index is -3.72. The average Bonchev–Trinajstić information content (AvgIpc) is 2.18. The van der Waals surface area contributed by atoms with E-state index in [9.17, 15) is 17.2 Å². The number of rotatable bonds is 3. The fraction of sp³-hybridized carbons (Fsp3) is 0.143. The molecule has 8 heteroatoms. The molecule has 0 saturated carbocycles. The van der Waals surface area contributed by atoms with Crippen LogP contribution in [0.2, 0.25) is 0 Å². The summed E-state index contributed by atoms with van der Waals surface area (Å²) in [6, 6.07) is 5.38. The number of hydrogen-bond acceptors (Lipinski definition) is 4. The molecule has 1 aromatic carbocycles. The molecule has 0 aliphatic heterocycles. The Morgan fingerprint density at radius 3 is 2.33 bits per heavy atom. The molecular formula is C7H8NNaO4S2. The fourth-order valence-corrected chi connectivity index (χ4v) is 2.69. The number of sulfonamides is 1. The van der Waals surface area contributed by atoms with E-state index >= 15 is 0 Å². The molecule has 0 saturated heterocycles. The molecule has 0 spiro atoms. The van der Waals surface area contributed by atoms with Gasteiger partial charge < -0.3 is 4.55 Å². The maximum absolute atomic E-state index is 11.3. The topological polar surface area (TPSA) is 86.3 Å². The van der Waals surface area contributed by atoms with E-state index < -0.39 is 21.1 Å². The van der Waals surface area contributed by atoms with Gasteiger partial charge in [0.25, 0.3) is 0 Å². The van der Waals surface area contributed by atoms with Crippen LogP contribution in [0, 0.1) is 0 Å². The Hall–Kier alpha value is 0.240. The zero-order valence-electron chi connectivity index (χ0n) is 8.26. The van der Waals surface area contributed by atoms with Crippen LogP contribution < -0.4 is 34.3 Å². The standard InChI is InChI=1S/C7H9NO4S2.Na/c1-8-14(11,12)7-5-3-2-4-6(7)13(9)10;/h2-5,8H,1H3,(H,9,10);/q;+1/p-1. The second-order valence-electron chi connectivity index (χ2n) is 2.39. The fourth-order valence-electron chi connectivity index (χ4n) is 0.920. The summed E-state index contributed by atoms with van der Waals surface area (Å²) in [7, 11) is -2.49. The van der Waals surface area contributed by atoms with Crippen molar-refractivity contribution in [3.8, 4) is 0 Å². The first-order valence-corrected chi connectivity index (χ1v) is 6.16. The molecule has 1 atom stereocenters. The van der Waals surface area contributed by atoms with E-state index in [4.69, 9.17) is 0 Å². The van der Waals surface area contributed by atoms with Gasteiger partial charge in [-0.05, 0) is 30.3 Å². The molecule has 0 aliphatic carbocycles. The first-order chi connectivity index (χ1) is 6.49. The van der Waals surface area contributed by atoms with Gasteiger partial charge in [0.15, 0.2) is 0 Å². The van der Waals surface area contributed by atoms with Gasteiger partial charge in [-0.2, -0.15) is 0 Å². The zero-order chi connectivity index (χ0) is 10.8. The predicted molar refractivity (Wildman–Crippen MR) is 49.9 cm³/mol. The molecule has 0 radical (unpaired) electrons. The Balaban J connectivity index is 0.00000196. The van der Waals surface area contributed by atoms with Gasteiger partial charge in [-0.25, -0.2) is 13.1 Å². The van der Waals surface area contributed by atoms with E-state index in [1.54, 1.807) is 0 Å². The van der Waals surface area contributed by atoms with Crippen molar-refractivity contribution < 1.29 is 46.7 Å². The van der Waals surface area contributed by atoms with Crippen molar-refractivity contribution in [2.45, 2.75) is 9.79 Å². The molecule has 5 nitrogen and oxygen atoms in total. The third-order valence-electron chi connectivity index (χ3n) is 1.59. The summed E-state index contributed by atoms with van der Waals surface area (Å²) in [5, 5.41) is 0. The minimum absolute atomic E-state index is 0. The Kier molecular flexibility index (Phi) is 6.19. The molecule has 0 heterocycles. The van der Waals surface area contributed by atoms with Crippen LogP contribution >= 0.6 is 0 Å². The normalized spacial score (nSPS) is 12.9. The summed E-state index contributed by atoms with van der Waals surface area (Å²) in [6.45, 7) is 0. The van der Waals surface area contributed by atoms with Crippen molar-refractivity contribution in [3.63, 3.8) is 0 Å². The zero-order valence-corrected chi connectivity index (χ0v) is 11.9. The maximum atomic E-state index is 11.3. The molecule has 1 N–H and O–H groups in total. The third-order valence-corrected chi connectivity index (χ3v) is 3.90. The van der Waals surface area contributed by atoms with E-state index in [0.717, 1.165) is 0 Å². The van der Waals surface area contributed by atoms with Crippen molar-refractivity contribution in [1.82, 2.24) is 4.72 Å². The van der Waals surface area contributed by atoms with Crippen LogP contribution in [0.4, 0.5) is 0 Å². The van der Waals surface area contributed by atoms with Crippen LogP contribution in [0.15, 0.2) is 34.1 Å². The van der Waals surface area contributed by atoms with Crippen LogP contribution in [0.25, 0.3) is 0 Å². The van der Waals surface area contributed by atoms with Crippen molar-refractivity contribution >= 4 is 21.1 Å². The van der Waals surface area contributed by atoms with E-state index in [-0.39, 0.29) is 39.3 Å². The van der Waals surface area contributed by atoms with Gasteiger partial charge in [0.2, 0.25) is 10.0 Å². The predicted octanol–water partition coefficient (Wildman–Crippen LogP) is -3.16. The number of nitrogens with one attached hydrogen (secondary N) is 1. The van der Waals surface area contributed by atoms with Gasteiger partial charge >= 0.3 is 29.6 Å². The van der Waals surface area contributed by atoms with Gasteiger partial charge in [0.1, 0.15) is 0 Å². The molecular weight excluding hydrogens is 249 g/mol. The van der Waals surface area contributed by atoms with Crippen LogP contribution in [-0.2, 0) is 21.1 Å². The average molecular weight is 257 g/mol. The van der Waals surface area contributed by atoms with Gasteiger partial charge in [-0.3, -0.25) is 4.21 Å².